The van der Waals surface area contributed by atoms with Crippen LogP contribution in [0.2, 0.25) is 0 Å². The molecule has 0 aliphatic rings. The van der Waals surface area contributed by atoms with Crippen LogP contribution in [0.4, 0.5) is 5.69 Å². The number of hydrogen-bond acceptors (Lipinski definition) is 6. The van der Waals surface area contributed by atoms with Crippen LogP contribution < -0.4 is 14.8 Å². The Hall–Kier alpha value is -2.62. The number of amides is 1. The van der Waals surface area contributed by atoms with E-state index in [0.717, 1.165) is 15.4 Å². The average Bonchev–Trinajstić information content (AvgIpc) is 2.69. The van der Waals surface area contributed by atoms with Crippen molar-refractivity contribution in [2.24, 2.45) is 0 Å². The van der Waals surface area contributed by atoms with Crippen molar-refractivity contribution in [2.45, 2.75) is 18.4 Å². The number of benzene rings is 2. The maximum Gasteiger partial charge on any atom is 0.242 e. The zero-order valence-electron chi connectivity index (χ0n) is 18.2. The quantitative estimate of drug-likeness (QED) is 0.650. The smallest absolute Gasteiger partial charge is 0.242 e. The molecule has 0 saturated heterocycles. The van der Waals surface area contributed by atoms with Gasteiger partial charge in [-0.15, -0.1) is 0 Å². The minimum Gasteiger partial charge on any atom is -0.497 e. The fourth-order valence-electron chi connectivity index (χ4n) is 2.87. The van der Waals surface area contributed by atoms with E-state index in [2.05, 4.69) is 5.32 Å². The van der Waals surface area contributed by atoms with Crippen molar-refractivity contribution in [1.82, 2.24) is 9.21 Å². The van der Waals surface area contributed by atoms with E-state index in [1.54, 1.807) is 26.4 Å². The number of rotatable bonds is 9. The molecule has 0 aromatic heterocycles. The number of nitrogens with zero attached hydrogens (tertiary/aromatic N) is 2. The van der Waals surface area contributed by atoms with E-state index in [4.69, 9.17) is 9.47 Å². The lowest BCUT2D eigenvalue weighted by Gasteiger charge is -2.19. The molecule has 9 heteroatoms. The van der Waals surface area contributed by atoms with Gasteiger partial charge in [0, 0.05) is 38.0 Å². The molecule has 2 aromatic carbocycles. The van der Waals surface area contributed by atoms with Crippen molar-refractivity contribution in [3.8, 4) is 11.5 Å². The van der Waals surface area contributed by atoms with Crippen molar-refractivity contribution in [2.75, 3.05) is 47.2 Å². The predicted molar refractivity (Wildman–Crippen MR) is 117 cm³/mol. The SMILES string of the molecule is COc1ccc(CN(C)CC(=O)Nc2cc(S(=O)(=O)N(C)C)ccc2C)c(OC)c1. The lowest BCUT2D eigenvalue weighted by atomic mass is 10.1. The summed E-state index contributed by atoms with van der Waals surface area (Å²) in [6.07, 6.45) is 0. The summed E-state index contributed by atoms with van der Waals surface area (Å²) in [5.41, 5.74) is 2.17. The van der Waals surface area contributed by atoms with Gasteiger partial charge in [-0.2, -0.15) is 0 Å². The summed E-state index contributed by atoms with van der Waals surface area (Å²) in [6, 6.07) is 10.2. The largest absolute Gasteiger partial charge is 0.497 e. The third kappa shape index (κ3) is 5.71. The van der Waals surface area contributed by atoms with Crippen LogP contribution in [0.1, 0.15) is 11.1 Å². The number of carbonyl (C=O) groups is 1. The molecule has 1 N–H and O–H groups in total. The Morgan fingerprint density at radius 3 is 2.33 bits per heavy atom. The molecule has 0 fully saturated rings. The number of anilines is 1. The number of methoxy groups -OCH3 is 2. The van der Waals surface area contributed by atoms with Crippen LogP contribution in [0.15, 0.2) is 41.3 Å². The first kappa shape index (κ1) is 23.7. The molecule has 2 rings (SSSR count). The van der Waals surface area contributed by atoms with Crippen LogP contribution in [0.5, 0.6) is 11.5 Å². The van der Waals surface area contributed by atoms with E-state index in [1.165, 1.54) is 26.2 Å². The predicted octanol–water partition coefficient (Wildman–Crippen LogP) is 2.33. The number of ether oxygens (including phenoxy) is 2. The van der Waals surface area contributed by atoms with Crippen LogP contribution in [0, 0.1) is 6.92 Å². The van der Waals surface area contributed by atoms with Gasteiger partial charge in [-0.1, -0.05) is 12.1 Å². The molecule has 0 atom stereocenters. The molecular weight excluding hydrogens is 406 g/mol. The molecule has 164 valence electrons. The first-order valence-corrected chi connectivity index (χ1v) is 10.7. The molecular formula is C21H29N3O5S. The fraction of sp³-hybridized carbons (Fsp3) is 0.381. The Kier molecular flexibility index (Phi) is 7.83. The molecule has 0 unspecified atom stereocenters. The minimum atomic E-state index is -3.58. The van der Waals surface area contributed by atoms with Gasteiger partial charge < -0.3 is 14.8 Å². The lowest BCUT2D eigenvalue weighted by molar-refractivity contribution is -0.117. The molecule has 1 amide bonds. The number of aryl methyl sites for hydroxylation is 1. The third-order valence-electron chi connectivity index (χ3n) is 4.61. The number of likely N-dealkylation sites (N-methyl/N-ethyl adjacent to an activating group) is 1. The van der Waals surface area contributed by atoms with Crippen LogP contribution >= 0.6 is 0 Å². The van der Waals surface area contributed by atoms with E-state index in [-0.39, 0.29) is 17.3 Å². The number of sulfonamides is 1. The maximum atomic E-state index is 12.6. The summed E-state index contributed by atoms with van der Waals surface area (Å²) >= 11 is 0. The maximum absolute atomic E-state index is 12.6. The fourth-order valence-corrected chi connectivity index (χ4v) is 3.80. The van der Waals surface area contributed by atoms with Crippen LogP contribution in [0.25, 0.3) is 0 Å². The lowest BCUT2D eigenvalue weighted by Crippen LogP contribution is -2.30. The van der Waals surface area contributed by atoms with Crippen molar-refractivity contribution < 1.29 is 22.7 Å². The normalized spacial score (nSPS) is 11.6. The summed E-state index contributed by atoms with van der Waals surface area (Å²) in [5.74, 6) is 1.13. The molecule has 0 aliphatic carbocycles. The summed E-state index contributed by atoms with van der Waals surface area (Å²) in [6.45, 7) is 2.43. The Bertz CT molecular complexity index is 1010. The molecule has 0 radical (unpaired) electrons. The Morgan fingerprint density at radius 2 is 1.73 bits per heavy atom. The van der Waals surface area contributed by atoms with E-state index >= 15 is 0 Å². The van der Waals surface area contributed by atoms with Crippen LogP contribution in [-0.2, 0) is 21.4 Å². The molecule has 0 saturated carbocycles. The summed E-state index contributed by atoms with van der Waals surface area (Å²) in [4.78, 5) is 14.5. The number of carbonyl (C=O) groups excluding carboxylic acids is 1. The van der Waals surface area contributed by atoms with Gasteiger partial charge in [-0.25, -0.2) is 12.7 Å². The topological polar surface area (TPSA) is 88.2 Å². The average molecular weight is 436 g/mol. The molecule has 0 heterocycles. The Labute approximate surface area is 178 Å². The van der Waals surface area contributed by atoms with Crippen LogP contribution in [-0.4, -0.2) is 65.4 Å². The first-order chi connectivity index (χ1) is 14.1. The molecule has 2 aromatic rings. The Morgan fingerprint density at radius 1 is 1.03 bits per heavy atom. The van der Waals surface area contributed by atoms with Gasteiger partial charge in [0.05, 0.1) is 25.7 Å². The summed E-state index contributed by atoms with van der Waals surface area (Å²) in [5, 5.41) is 2.81. The van der Waals surface area contributed by atoms with Gasteiger partial charge >= 0.3 is 0 Å². The minimum absolute atomic E-state index is 0.124. The molecule has 0 spiro atoms. The molecule has 8 nitrogen and oxygen atoms in total. The van der Waals surface area contributed by atoms with Crippen molar-refractivity contribution in [1.29, 1.82) is 0 Å². The van der Waals surface area contributed by atoms with Gasteiger partial charge in [-0.05, 0) is 37.7 Å². The van der Waals surface area contributed by atoms with Gasteiger partial charge in [-0.3, -0.25) is 9.69 Å². The van der Waals surface area contributed by atoms with Gasteiger partial charge in [0.2, 0.25) is 15.9 Å². The third-order valence-corrected chi connectivity index (χ3v) is 6.42. The molecule has 0 aliphatic heterocycles. The standard InChI is InChI=1S/C21H29N3O5S/c1-15-7-10-18(30(26,27)23(2)3)12-19(15)22-21(25)14-24(4)13-16-8-9-17(28-5)11-20(16)29-6/h7-12H,13-14H2,1-6H3,(H,22,25). The van der Waals surface area contributed by atoms with Crippen LogP contribution in [0.3, 0.4) is 0 Å². The summed E-state index contributed by atoms with van der Waals surface area (Å²) in [7, 11) is 4.35. The molecule has 0 bridgehead atoms. The monoisotopic (exact) mass is 435 g/mol. The second-order valence-electron chi connectivity index (χ2n) is 7.16. The van der Waals surface area contributed by atoms with Crippen molar-refractivity contribution in [3.63, 3.8) is 0 Å². The molecule has 30 heavy (non-hydrogen) atoms. The number of hydrogen-bond donors (Lipinski definition) is 1. The highest BCUT2D eigenvalue weighted by Crippen LogP contribution is 2.26. The highest BCUT2D eigenvalue weighted by molar-refractivity contribution is 7.89. The Balaban J connectivity index is 2.09. The number of nitrogens with one attached hydrogen (secondary N) is 1. The zero-order chi connectivity index (χ0) is 22.5. The zero-order valence-corrected chi connectivity index (χ0v) is 19.0. The van der Waals surface area contributed by atoms with E-state index < -0.39 is 10.0 Å². The highest BCUT2D eigenvalue weighted by Gasteiger charge is 2.19. The van der Waals surface area contributed by atoms with Gasteiger partial charge in [0.25, 0.3) is 0 Å². The van der Waals surface area contributed by atoms with E-state index in [1.807, 2.05) is 31.0 Å². The van der Waals surface area contributed by atoms with Gasteiger partial charge in [0.15, 0.2) is 0 Å². The highest BCUT2D eigenvalue weighted by atomic mass is 32.2. The first-order valence-electron chi connectivity index (χ1n) is 9.31. The van der Waals surface area contributed by atoms with E-state index in [9.17, 15) is 13.2 Å². The summed E-state index contributed by atoms with van der Waals surface area (Å²) < 4.78 is 36.4. The van der Waals surface area contributed by atoms with E-state index in [0.29, 0.717) is 23.7 Å². The van der Waals surface area contributed by atoms with Crippen molar-refractivity contribution >= 4 is 21.6 Å². The van der Waals surface area contributed by atoms with Crippen molar-refractivity contribution in [3.05, 3.63) is 47.5 Å². The second-order valence-corrected chi connectivity index (χ2v) is 9.31. The second kappa shape index (κ2) is 9.92. The van der Waals surface area contributed by atoms with Gasteiger partial charge in [0.1, 0.15) is 11.5 Å².